The van der Waals surface area contributed by atoms with Crippen LogP contribution in [0.1, 0.15) is 10.4 Å². The number of primary amides is 1. The summed E-state index contributed by atoms with van der Waals surface area (Å²) in [7, 11) is 0. The molecule has 0 unspecified atom stereocenters. The first-order valence-corrected chi connectivity index (χ1v) is 4.92. The summed E-state index contributed by atoms with van der Waals surface area (Å²) in [4.78, 5) is 35.1. The van der Waals surface area contributed by atoms with Gasteiger partial charge in [0.2, 0.25) is 11.5 Å². The smallest absolute Gasteiger partial charge is 0.251 e. The molecule has 0 aliphatic rings. The molecule has 1 aromatic rings. The highest BCUT2D eigenvalue weighted by Gasteiger charge is 2.04. The Kier molecular flexibility index (Phi) is 4.89. The number of rotatable bonds is 6. The number of H-pyrrole nitrogens is 1. The Labute approximate surface area is 97.0 Å². The third-order valence-corrected chi connectivity index (χ3v) is 1.81. The van der Waals surface area contributed by atoms with Crippen LogP contribution in [0.3, 0.4) is 0 Å². The molecular weight excluding hydrogens is 226 g/mol. The van der Waals surface area contributed by atoms with Gasteiger partial charge in [0.15, 0.2) is 0 Å². The van der Waals surface area contributed by atoms with Gasteiger partial charge in [0.1, 0.15) is 6.61 Å². The average molecular weight is 239 g/mol. The fraction of sp³-hybridized carbons (Fsp3) is 0.300. The number of carbonyl (C=O) groups excluding carboxylic acids is 2. The summed E-state index contributed by atoms with van der Waals surface area (Å²) >= 11 is 0. The topological polar surface area (TPSA) is 114 Å². The van der Waals surface area contributed by atoms with Crippen LogP contribution in [0.4, 0.5) is 0 Å². The van der Waals surface area contributed by atoms with Crippen LogP contribution >= 0.6 is 0 Å². The summed E-state index contributed by atoms with van der Waals surface area (Å²) in [5, 5.41) is 2.53. The molecule has 1 rings (SSSR count). The lowest BCUT2D eigenvalue weighted by atomic mass is 10.2. The SMILES string of the molecule is NC(=O)COCCNC(=O)c1cc[nH]c(=O)c1. The van der Waals surface area contributed by atoms with Gasteiger partial charge in [-0.1, -0.05) is 0 Å². The lowest BCUT2D eigenvalue weighted by molar-refractivity contribution is -0.122. The van der Waals surface area contributed by atoms with E-state index in [2.05, 4.69) is 10.3 Å². The van der Waals surface area contributed by atoms with Crippen molar-refractivity contribution < 1.29 is 14.3 Å². The van der Waals surface area contributed by atoms with E-state index < -0.39 is 5.91 Å². The van der Waals surface area contributed by atoms with Crippen molar-refractivity contribution in [1.29, 1.82) is 0 Å². The Balaban J connectivity index is 2.30. The molecule has 0 fully saturated rings. The van der Waals surface area contributed by atoms with Crippen molar-refractivity contribution in [3.8, 4) is 0 Å². The molecule has 0 aliphatic heterocycles. The van der Waals surface area contributed by atoms with Crippen molar-refractivity contribution in [2.24, 2.45) is 5.73 Å². The number of aromatic amines is 1. The molecule has 0 saturated heterocycles. The first kappa shape index (κ1) is 12.9. The first-order valence-electron chi connectivity index (χ1n) is 4.92. The third kappa shape index (κ3) is 4.94. The highest BCUT2D eigenvalue weighted by atomic mass is 16.5. The number of hydrogen-bond donors (Lipinski definition) is 3. The molecule has 7 nitrogen and oxygen atoms in total. The average Bonchev–Trinajstić information content (AvgIpc) is 2.28. The standard InChI is InChI=1S/C10H13N3O4/c11-8(14)6-17-4-3-13-10(16)7-1-2-12-9(15)5-7/h1-2,5H,3-4,6H2,(H2,11,14)(H,12,15)(H,13,16). The zero-order valence-corrected chi connectivity index (χ0v) is 9.06. The Morgan fingerprint density at radius 1 is 1.47 bits per heavy atom. The molecule has 0 aromatic carbocycles. The predicted octanol–water partition coefficient (Wildman–Crippen LogP) is -1.39. The molecule has 0 spiro atoms. The lowest BCUT2D eigenvalue weighted by Gasteiger charge is -2.04. The van der Waals surface area contributed by atoms with Crippen molar-refractivity contribution in [1.82, 2.24) is 10.3 Å². The van der Waals surface area contributed by atoms with Crippen molar-refractivity contribution in [3.05, 3.63) is 34.2 Å². The number of amides is 2. The minimum absolute atomic E-state index is 0.178. The minimum Gasteiger partial charge on any atom is -0.370 e. The summed E-state index contributed by atoms with van der Waals surface area (Å²) in [5.74, 6) is -0.940. The van der Waals surface area contributed by atoms with Crippen LogP contribution in [0, 0.1) is 0 Å². The van der Waals surface area contributed by atoms with Crippen LogP contribution in [0.25, 0.3) is 0 Å². The van der Waals surface area contributed by atoms with Gasteiger partial charge in [-0.25, -0.2) is 0 Å². The molecule has 0 atom stereocenters. The highest BCUT2D eigenvalue weighted by molar-refractivity contribution is 5.93. The summed E-state index contributed by atoms with van der Waals surface area (Å²) in [6.45, 7) is 0.234. The third-order valence-electron chi connectivity index (χ3n) is 1.81. The van der Waals surface area contributed by atoms with E-state index in [1.165, 1.54) is 18.3 Å². The number of nitrogens with two attached hydrogens (primary N) is 1. The highest BCUT2D eigenvalue weighted by Crippen LogP contribution is 1.91. The van der Waals surface area contributed by atoms with Crippen LogP contribution < -0.4 is 16.6 Å². The Hall–Kier alpha value is -2.15. The summed E-state index contributed by atoms with van der Waals surface area (Å²) in [5.41, 5.74) is 4.78. The van der Waals surface area contributed by atoms with E-state index in [1.807, 2.05) is 0 Å². The molecule has 4 N–H and O–H groups in total. The Morgan fingerprint density at radius 3 is 2.88 bits per heavy atom. The van der Waals surface area contributed by atoms with Gasteiger partial charge < -0.3 is 20.8 Å². The quantitative estimate of drug-likeness (QED) is 0.530. The van der Waals surface area contributed by atoms with Gasteiger partial charge in [0.05, 0.1) is 6.61 Å². The van der Waals surface area contributed by atoms with Gasteiger partial charge in [-0.3, -0.25) is 14.4 Å². The molecule has 1 heterocycles. The number of ether oxygens (including phenoxy) is 1. The number of aromatic nitrogens is 1. The zero-order valence-electron chi connectivity index (χ0n) is 9.06. The van der Waals surface area contributed by atoms with Crippen LogP contribution in [0.2, 0.25) is 0 Å². The van der Waals surface area contributed by atoms with E-state index >= 15 is 0 Å². The second kappa shape index (κ2) is 6.44. The number of nitrogens with one attached hydrogen (secondary N) is 2. The first-order chi connectivity index (χ1) is 8.09. The Morgan fingerprint density at radius 2 is 2.24 bits per heavy atom. The van der Waals surface area contributed by atoms with Gasteiger partial charge in [-0.05, 0) is 6.07 Å². The van der Waals surface area contributed by atoms with Gasteiger partial charge in [0.25, 0.3) is 5.91 Å². The molecule has 0 saturated carbocycles. The molecule has 92 valence electrons. The molecule has 0 bridgehead atoms. The van der Waals surface area contributed by atoms with Crippen molar-refractivity contribution in [2.45, 2.75) is 0 Å². The second-order valence-electron chi connectivity index (χ2n) is 3.22. The molecule has 0 radical (unpaired) electrons. The van der Waals surface area contributed by atoms with Crippen LogP contribution in [-0.2, 0) is 9.53 Å². The molecule has 1 aromatic heterocycles. The summed E-state index contributed by atoms with van der Waals surface area (Å²) in [6, 6.07) is 2.68. The molecule has 17 heavy (non-hydrogen) atoms. The van der Waals surface area contributed by atoms with E-state index in [9.17, 15) is 14.4 Å². The predicted molar refractivity (Wildman–Crippen MR) is 59.4 cm³/mol. The monoisotopic (exact) mass is 239 g/mol. The van der Waals surface area contributed by atoms with Crippen LogP contribution in [0.5, 0.6) is 0 Å². The maximum Gasteiger partial charge on any atom is 0.251 e. The normalized spacial score (nSPS) is 9.88. The van der Waals surface area contributed by atoms with E-state index in [-0.39, 0.29) is 36.8 Å². The molecule has 2 amide bonds. The van der Waals surface area contributed by atoms with Crippen molar-refractivity contribution >= 4 is 11.8 Å². The summed E-state index contributed by atoms with van der Waals surface area (Å²) in [6.07, 6.45) is 1.39. The summed E-state index contributed by atoms with van der Waals surface area (Å²) < 4.78 is 4.85. The molecular formula is C10H13N3O4. The maximum absolute atomic E-state index is 11.5. The molecule has 7 heteroatoms. The van der Waals surface area contributed by atoms with Crippen molar-refractivity contribution in [2.75, 3.05) is 19.8 Å². The maximum atomic E-state index is 11.5. The number of hydrogen-bond acceptors (Lipinski definition) is 4. The van der Waals surface area contributed by atoms with Crippen molar-refractivity contribution in [3.63, 3.8) is 0 Å². The Bertz CT molecular complexity index is 455. The molecule has 0 aliphatic carbocycles. The van der Waals surface area contributed by atoms with Gasteiger partial charge >= 0.3 is 0 Å². The van der Waals surface area contributed by atoms with Gasteiger partial charge in [0, 0.05) is 24.4 Å². The van der Waals surface area contributed by atoms with Gasteiger partial charge in [-0.2, -0.15) is 0 Å². The largest absolute Gasteiger partial charge is 0.370 e. The lowest BCUT2D eigenvalue weighted by Crippen LogP contribution is -2.29. The van der Waals surface area contributed by atoms with Gasteiger partial charge in [-0.15, -0.1) is 0 Å². The minimum atomic E-state index is -0.564. The van der Waals surface area contributed by atoms with E-state index in [1.54, 1.807) is 0 Å². The number of carbonyl (C=O) groups is 2. The van der Waals surface area contributed by atoms with E-state index in [4.69, 9.17) is 10.5 Å². The van der Waals surface area contributed by atoms with E-state index in [0.29, 0.717) is 0 Å². The second-order valence-corrected chi connectivity index (χ2v) is 3.22. The van der Waals surface area contributed by atoms with Crippen LogP contribution in [0.15, 0.2) is 23.1 Å². The fourth-order valence-electron chi connectivity index (χ4n) is 1.10. The fourth-order valence-corrected chi connectivity index (χ4v) is 1.10. The zero-order chi connectivity index (χ0) is 12.7. The number of pyridine rings is 1. The van der Waals surface area contributed by atoms with Crippen LogP contribution in [-0.4, -0.2) is 36.6 Å². The van der Waals surface area contributed by atoms with E-state index in [0.717, 1.165) is 0 Å².